The summed E-state index contributed by atoms with van der Waals surface area (Å²) in [5.41, 5.74) is 0. The van der Waals surface area contributed by atoms with E-state index in [2.05, 4.69) is 0 Å². The van der Waals surface area contributed by atoms with Crippen molar-refractivity contribution < 1.29 is 59.2 Å². The molecule has 1 aliphatic rings. The van der Waals surface area contributed by atoms with Gasteiger partial charge in [0.25, 0.3) is 0 Å². The van der Waals surface area contributed by atoms with Gasteiger partial charge in [-0.1, -0.05) is 19.3 Å². The van der Waals surface area contributed by atoms with Gasteiger partial charge < -0.3 is 44.8 Å². The van der Waals surface area contributed by atoms with E-state index < -0.39 is 54.5 Å². The quantitative estimate of drug-likeness (QED) is 0.0765. The Balaban J connectivity index is 2.99. The summed E-state index contributed by atoms with van der Waals surface area (Å²) in [6.45, 7) is -0.0751. The van der Waals surface area contributed by atoms with E-state index in [1.54, 1.807) is 0 Å². The second kappa shape index (κ2) is 18.4. The van der Waals surface area contributed by atoms with Gasteiger partial charge in [0.1, 0.15) is 18.3 Å². The summed E-state index contributed by atoms with van der Waals surface area (Å²) in [5, 5.41) is 58.0. The Kier molecular flexibility index (Phi) is 16.5. The molecule has 0 aromatic rings. The minimum Gasteiger partial charge on any atom is -0.455 e. The van der Waals surface area contributed by atoms with Crippen LogP contribution in [0.4, 0.5) is 0 Å². The van der Waals surface area contributed by atoms with Crippen molar-refractivity contribution in [2.24, 2.45) is 0 Å². The Morgan fingerprint density at radius 1 is 0.444 bits per heavy atom. The third kappa shape index (κ3) is 11.5. The van der Waals surface area contributed by atoms with E-state index >= 15 is 0 Å². The van der Waals surface area contributed by atoms with E-state index in [0.29, 0.717) is 57.8 Å². The zero-order valence-corrected chi connectivity index (χ0v) is 20.7. The molecule has 0 unspecified atom stereocenters. The molecule has 6 N–H and O–H groups in total. The Hall–Kier alpha value is -1.83. The van der Waals surface area contributed by atoms with Crippen LogP contribution >= 0.6 is 0 Å². The van der Waals surface area contributed by atoms with Crippen molar-refractivity contribution in [3.63, 3.8) is 0 Å². The van der Waals surface area contributed by atoms with Crippen molar-refractivity contribution in [2.75, 3.05) is 19.8 Å². The number of hydrogen-bond acceptors (Lipinski definition) is 12. The Morgan fingerprint density at radius 3 is 1.06 bits per heavy atom. The lowest BCUT2D eigenvalue weighted by Crippen LogP contribution is -2.66. The summed E-state index contributed by atoms with van der Waals surface area (Å²) in [5.74, 6) is -2.25. The number of aliphatic hydroxyl groups excluding tert-OH is 6. The zero-order valence-electron chi connectivity index (χ0n) is 20.7. The highest BCUT2D eigenvalue weighted by Crippen LogP contribution is 2.30. The molecule has 0 saturated heterocycles. The topological polar surface area (TPSA) is 200 Å². The van der Waals surface area contributed by atoms with Crippen LogP contribution in [0.2, 0.25) is 0 Å². The smallest absolute Gasteiger partial charge is 0.306 e. The van der Waals surface area contributed by atoms with E-state index in [0.717, 1.165) is 0 Å². The minimum absolute atomic E-state index is 0.0240. The van der Waals surface area contributed by atoms with Crippen LogP contribution in [0.15, 0.2) is 0 Å². The van der Waals surface area contributed by atoms with Crippen molar-refractivity contribution in [3.8, 4) is 0 Å². The summed E-state index contributed by atoms with van der Waals surface area (Å²) < 4.78 is 16.1. The fourth-order valence-corrected chi connectivity index (χ4v) is 3.88. The molecule has 12 heteroatoms. The van der Waals surface area contributed by atoms with Gasteiger partial charge in [0.05, 0.1) is 0 Å². The van der Waals surface area contributed by atoms with E-state index in [1.165, 1.54) is 0 Å². The van der Waals surface area contributed by atoms with E-state index in [-0.39, 0.29) is 39.1 Å². The van der Waals surface area contributed by atoms with E-state index in [4.69, 9.17) is 29.5 Å². The van der Waals surface area contributed by atoms with Crippen molar-refractivity contribution in [3.05, 3.63) is 0 Å². The Morgan fingerprint density at radius 2 is 0.750 bits per heavy atom. The average molecular weight is 523 g/mol. The molecule has 6 atom stereocenters. The zero-order chi connectivity index (χ0) is 26.9. The van der Waals surface area contributed by atoms with Gasteiger partial charge in [0.2, 0.25) is 0 Å². The maximum Gasteiger partial charge on any atom is 0.306 e. The maximum atomic E-state index is 12.5. The molecule has 0 aliphatic heterocycles. The first-order valence-electron chi connectivity index (χ1n) is 12.7. The van der Waals surface area contributed by atoms with Crippen LogP contribution in [0.3, 0.4) is 0 Å². The summed E-state index contributed by atoms with van der Waals surface area (Å²) in [6.07, 6.45) is -6.05. The summed E-state index contributed by atoms with van der Waals surface area (Å²) in [7, 11) is 0. The second-order valence-corrected chi connectivity index (χ2v) is 8.94. The third-order valence-electron chi connectivity index (χ3n) is 5.94. The fourth-order valence-electron chi connectivity index (χ4n) is 3.88. The Bertz CT molecular complexity index is 603. The van der Waals surface area contributed by atoms with Gasteiger partial charge in [-0.15, -0.1) is 0 Å². The van der Waals surface area contributed by atoms with Crippen molar-refractivity contribution >= 4 is 17.9 Å². The number of unbranched alkanes of at least 4 members (excludes halogenated alkanes) is 6. The molecule has 0 bridgehead atoms. The van der Waals surface area contributed by atoms with Crippen LogP contribution in [0, 0.1) is 0 Å². The first kappa shape index (κ1) is 32.2. The Labute approximate surface area is 211 Å². The van der Waals surface area contributed by atoms with Gasteiger partial charge in [0, 0.05) is 39.1 Å². The van der Waals surface area contributed by atoms with Crippen LogP contribution < -0.4 is 0 Å². The highest BCUT2D eigenvalue weighted by atomic mass is 16.6. The largest absolute Gasteiger partial charge is 0.455 e. The molecular weight excluding hydrogens is 480 g/mol. The lowest BCUT2D eigenvalue weighted by atomic mass is 9.84. The van der Waals surface area contributed by atoms with Gasteiger partial charge in [-0.05, 0) is 38.5 Å². The van der Waals surface area contributed by atoms with Gasteiger partial charge >= 0.3 is 17.9 Å². The van der Waals surface area contributed by atoms with E-state index in [1.807, 2.05) is 0 Å². The predicted molar refractivity (Wildman–Crippen MR) is 124 cm³/mol. The summed E-state index contributed by atoms with van der Waals surface area (Å²) in [4.78, 5) is 37.2. The van der Waals surface area contributed by atoms with Crippen molar-refractivity contribution in [1.82, 2.24) is 0 Å². The number of hydrogen-bond donors (Lipinski definition) is 6. The fraction of sp³-hybridized carbons (Fsp3) is 0.875. The molecule has 210 valence electrons. The number of rotatable bonds is 18. The normalized spacial score (nSPS) is 25.8. The lowest BCUT2D eigenvalue weighted by Gasteiger charge is -2.44. The molecule has 0 aromatic carbocycles. The molecule has 1 fully saturated rings. The number of carbonyl (C=O) groups is 3. The molecule has 0 amide bonds. The number of carbonyl (C=O) groups excluding carboxylic acids is 3. The molecule has 0 heterocycles. The summed E-state index contributed by atoms with van der Waals surface area (Å²) in [6, 6.07) is 0. The van der Waals surface area contributed by atoms with Crippen LogP contribution in [0.1, 0.15) is 77.0 Å². The van der Waals surface area contributed by atoms with Gasteiger partial charge in [-0.25, -0.2) is 0 Å². The molecule has 36 heavy (non-hydrogen) atoms. The maximum absolute atomic E-state index is 12.5. The number of esters is 3. The van der Waals surface area contributed by atoms with Gasteiger partial charge in [-0.2, -0.15) is 0 Å². The minimum atomic E-state index is -1.84. The SMILES string of the molecule is O=C(CCCCCO)O[C@H]1[C@H](OC(=O)CCCCCO)[C@H](O)[C@H](O)[C@@H](O)[C@@H]1OC(=O)CCCCCO. The van der Waals surface area contributed by atoms with Crippen LogP contribution in [-0.4, -0.2) is 105 Å². The molecule has 0 radical (unpaired) electrons. The molecular formula is C24H42O12. The molecule has 0 aromatic heterocycles. The number of aliphatic hydroxyl groups is 6. The van der Waals surface area contributed by atoms with Crippen LogP contribution in [-0.2, 0) is 28.6 Å². The van der Waals surface area contributed by atoms with Crippen molar-refractivity contribution in [1.29, 1.82) is 0 Å². The van der Waals surface area contributed by atoms with E-state index in [9.17, 15) is 29.7 Å². The standard InChI is InChI=1S/C24H42O12/c25-13-7-1-4-10-16(28)34-22-20(32)19(31)21(33)23(35-17(29)11-5-2-8-14-26)24(22)36-18(30)12-6-3-9-15-27/h19-27,31-33H,1-15H2/t19-,20-,21-,22+,23-,24-/m1/s1. The predicted octanol–water partition coefficient (Wildman–Crippen LogP) is -0.524. The van der Waals surface area contributed by atoms with Crippen LogP contribution in [0.25, 0.3) is 0 Å². The molecule has 1 aliphatic carbocycles. The lowest BCUT2D eigenvalue weighted by molar-refractivity contribution is -0.248. The van der Waals surface area contributed by atoms with Crippen LogP contribution in [0.5, 0.6) is 0 Å². The highest BCUT2D eigenvalue weighted by molar-refractivity contribution is 5.71. The monoisotopic (exact) mass is 522 g/mol. The summed E-state index contributed by atoms with van der Waals surface area (Å²) >= 11 is 0. The average Bonchev–Trinajstić information content (AvgIpc) is 2.86. The third-order valence-corrected chi connectivity index (χ3v) is 5.94. The highest BCUT2D eigenvalue weighted by Gasteiger charge is 2.55. The van der Waals surface area contributed by atoms with Gasteiger partial charge in [0.15, 0.2) is 18.3 Å². The number of ether oxygens (including phenoxy) is 3. The molecule has 12 nitrogen and oxygen atoms in total. The second-order valence-electron chi connectivity index (χ2n) is 8.94. The molecule has 1 rings (SSSR count). The first-order valence-corrected chi connectivity index (χ1v) is 12.7. The first-order chi connectivity index (χ1) is 17.3. The van der Waals surface area contributed by atoms with Gasteiger partial charge in [-0.3, -0.25) is 14.4 Å². The van der Waals surface area contributed by atoms with Crippen molar-refractivity contribution in [2.45, 2.75) is 114 Å². The molecule has 1 saturated carbocycles. The molecule has 0 spiro atoms.